The molecule has 0 N–H and O–H groups in total. The van der Waals surface area contributed by atoms with Gasteiger partial charge in [-0.15, -0.1) is 0 Å². The maximum absolute atomic E-state index is 2.38. The molecule has 126 valence electrons. The van der Waals surface area contributed by atoms with Crippen LogP contribution in [0.4, 0.5) is 0 Å². The maximum Gasteiger partial charge on any atom is 0.00502 e. The van der Waals surface area contributed by atoms with Crippen molar-refractivity contribution in [2.24, 2.45) is 5.92 Å². The van der Waals surface area contributed by atoms with Gasteiger partial charge in [0.15, 0.2) is 0 Å². The van der Waals surface area contributed by atoms with Crippen LogP contribution in [0, 0.1) is 19.8 Å². The van der Waals surface area contributed by atoms with Gasteiger partial charge in [0.05, 0.1) is 0 Å². The van der Waals surface area contributed by atoms with E-state index in [0.717, 1.165) is 6.42 Å². The predicted octanol–water partition coefficient (Wildman–Crippen LogP) is 6.94. The molecule has 0 bridgehead atoms. The fraction of sp³-hybridized carbons (Fsp3) is 0.280. The molecule has 0 heterocycles. The third kappa shape index (κ3) is 2.80. The lowest BCUT2D eigenvalue weighted by atomic mass is 9.89. The Labute approximate surface area is 151 Å². The highest BCUT2D eigenvalue weighted by Gasteiger charge is 2.21. The zero-order chi connectivity index (χ0) is 17.6. The average molecular weight is 326 g/mol. The summed E-state index contributed by atoms with van der Waals surface area (Å²) in [5, 5.41) is 0. The van der Waals surface area contributed by atoms with Gasteiger partial charge in [0.2, 0.25) is 0 Å². The Morgan fingerprint density at radius 2 is 1.76 bits per heavy atom. The first kappa shape index (κ1) is 16.1. The van der Waals surface area contributed by atoms with Crippen LogP contribution in [0.3, 0.4) is 0 Å². The smallest absolute Gasteiger partial charge is 0.00502 e. The van der Waals surface area contributed by atoms with Crippen molar-refractivity contribution in [2.45, 2.75) is 40.0 Å². The summed E-state index contributed by atoms with van der Waals surface area (Å²) in [6.07, 6.45) is 10.5. The fourth-order valence-electron chi connectivity index (χ4n) is 4.29. The van der Waals surface area contributed by atoms with Crippen LogP contribution >= 0.6 is 0 Å². The molecule has 2 aromatic rings. The third-order valence-electron chi connectivity index (χ3n) is 5.66. The van der Waals surface area contributed by atoms with E-state index in [2.05, 4.69) is 88.4 Å². The Kier molecular flexibility index (Phi) is 4.00. The molecule has 0 radical (unpaired) electrons. The summed E-state index contributed by atoms with van der Waals surface area (Å²) in [4.78, 5) is 0. The Balaban J connectivity index is 1.66. The summed E-state index contributed by atoms with van der Waals surface area (Å²) >= 11 is 0. The van der Waals surface area contributed by atoms with Crippen molar-refractivity contribution in [2.75, 3.05) is 0 Å². The summed E-state index contributed by atoms with van der Waals surface area (Å²) < 4.78 is 0. The SMILES string of the molecule is Cc1cccc(C)c1C1=CCC(c2ccc3c(c2)C=CC3C(C)C)=C1. The van der Waals surface area contributed by atoms with Crippen molar-refractivity contribution < 1.29 is 0 Å². The van der Waals surface area contributed by atoms with Gasteiger partial charge in [-0.1, -0.05) is 68.5 Å². The fourth-order valence-corrected chi connectivity index (χ4v) is 4.29. The topological polar surface area (TPSA) is 0 Å². The molecule has 4 rings (SSSR count). The molecule has 2 aliphatic rings. The summed E-state index contributed by atoms with van der Waals surface area (Å²) in [6, 6.07) is 13.6. The minimum Gasteiger partial charge on any atom is -0.0761 e. The van der Waals surface area contributed by atoms with E-state index in [1.165, 1.54) is 44.5 Å². The van der Waals surface area contributed by atoms with E-state index >= 15 is 0 Å². The second-order valence-corrected chi connectivity index (χ2v) is 7.77. The molecular weight excluding hydrogens is 300 g/mol. The van der Waals surface area contributed by atoms with E-state index in [-0.39, 0.29) is 0 Å². The van der Waals surface area contributed by atoms with Crippen LogP contribution in [0.2, 0.25) is 0 Å². The first-order valence-corrected chi connectivity index (χ1v) is 9.34. The molecule has 1 atom stereocenters. The molecule has 0 aliphatic heterocycles. The molecule has 0 heteroatoms. The summed E-state index contributed by atoms with van der Waals surface area (Å²) in [6.45, 7) is 9.03. The quantitative estimate of drug-likeness (QED) is 0.573. The lowest BCUT2D eigenvalue weighted by molar-refractivity contribution is 0.584. The number of hydrogen-bond donors (Lipinski definition) is 0. The van der Waals surface area contributed by atoms with Crippen LogP contribution in [0.5, 0.6) is 0 Å². The van der Waals surface area contributed by atoms with Crippen molar-refractivity contribution in [1.29, 1.82) is 0 Å². The lowest BCUT2D eigenvalue weighted by Crippen LogP contribution is -2.01. The standard InChI is InChI=1S/C25H26/c1-16(2)23-12-11-21-14-20(10-13-24(21)23)19-8-9-22(15-19)25-17(3)6-5-7-18(25)4/h5-7,9-16,23H,8H2,1-4H3. The largest absolute Gasteiger partial charge is 0.0761 e. The molecule has 2 aromatic carbocycles. The van der Waals surface area contributed by atoms with Crippen molar-refractivity contribution in [3.05, 3.63) is 88.0 Å². The zero-order valence-corrected chi connectivity index (χ0v) is 15.6. The van der Waals surface area contributed by atoms with Crippen molar-refractivity contribution >= 4 is 17.2 Å². The third-order valence-corrected chi connectivity index (χ3v) is 5.66. The lowest BCUT2D eigenvalue weighted by Gasteiger charge is -2.15. The van der Waals surface area contributed by atoms with E-state index in [0.29, 0.717) is 11.8 Å². The van der Waals surface area contributed by atoms with Gasteiger partial charge < -0.3 is 0 Å². The van der Waals surface area contributed by atoms with Crippen LogP contribution in [-0.2, 0) is 0 Å². The number of aryl methyl sites for hydroxylation is 2. The predicted molar refractivity (Wildman–Crippen MR) is 110 cm³/mol. The minimum atomic E-state index is 0.574. The second-order valence-electron chi connectivity index (χ2n) is 7.77. The van der Waals surface area contributed by atoms with Gasteiger partial charge in [-0.2, -0.15) is 0 Å². The van der Waals surface area contributed by atoms with Crippen LogP contribution in [0.25, 0.3) is 17.2 Å². The number of fused-ring (bicyclic) bond motifs is 1. The van der Waals surface area contributed by atoms with Gasteiger partial charge >= 0.3 is 0 Å². The highest BCUT2D eigenvalue weighted by Crippen LogP contribution is 2.39. The first-order valence-electron chi connectivity index (χ1n) is 9.34. The number of benzene rings is 2. The van der Waals surface area contributed by atoms with E-state index in [4.69, 9.17) is 0 Å². The molecule has 25 heavy (non-hydrogen) atoms. The van der Waals surface area contributed by atoms with E-state index < -0.39 is 0 Å². The Bertz CT molecular complexity index is 899. The molecule has 1 unspecified atom stereocenters. The molecule has 0 amide bonds. The van der Waals surface area contributed by atoms with E-state index in [1.54, 1.807) is 0 Å². The van der Waals surface area contributed by atoms with Crippen molar-refractivity contribution in [1.82, 2.24) is 0 Å². The molecule has 0 nitrogen and oxygen atoms in total. The average Bonchev–Trinajstić information content (AvgIpc) is 3.21. The highest BCUT2D eigenvalue weighted by molar-refractivity contribution is 5.91. The molecular formula is C25H26. The van der Waals surface area contributed by atoms with Crippen LogP contribution in [-0.4, -0.2) is 0 Å². The molecule has 0 spiro atoms. The van der Waals surface area contributed by atoms with Gasteiger partial charge in [0, 0.05) is 5.92 Å². The van der Waals surface area contributed by atoms with Gasteiger partial charge in [-0.25, -0.2) is 0 Å². The summed E-state index contributed by atoms with van der Waals surface area (Å²) in [5.41, 5.74) is 11.2. The number of rotatable bonds is 3. The van der Waals surface area contributed by atoms with Crippen LogP contribution < -0.4 is 0 Å². The Morgan fingerprint density at radius 1 is 1.00 bits per heavy atom. The van der Waals surface area contributed by atoms with Gasteiger partial charge in [0.25, 0.3) is 0 Å². The van der Waals surface area contributed by atoms with E-state index in [9.17, 15) is 0 Å². The zero-order valence-electron chi connectivity index (χ0n) is 15.6. The highest BCUT2D eigenvalue weighted by atomic mass is 14.3. The van der Waals surface area contributed by atoms with Gasteiger partial charge in [-0.3, -0.25) is 0 Å². The molecule has 0 saturated carbocycles. The molecule has 0 aromatic heterocycles. The van der Waals surface area contributed by atoms with Crippen molar-refractivity contribution in [3.8, 4) is 0 Å². The maximum atomic E-state index is 2.38. The second kappa shape index (κ2) is 6.19. The summed E-state index contributed by atoms with van der Waals surface area (Å²) in [5.74, 6) is 1.23. The Hall–Kier alpha value is -2.34. The monoisotopic (exact) mass is 326 g/mol. The molecule has 2 aliphatic carbocycles. The van der Waals surface area contributed by atoms with Gasteiger partial charge in [0.1, 0.15) is 0 Å². The van der Waals surface area contributed by atoms with Crippen molar-refractivity contribution in [3.63, 3.8) is 0 Å². The normalized spacial score (nSPS) is 18.5. The number of hydrogen-bond acceptors (Lipinski definition) is 0. The first-order chi connectivity index (χ1) is 12.0. The molecule has 0 fully saturated rings. The summed E-state index contributed by atoms with van der Waals surface area (Å²) in [7, 11) is 0. The molecule has 0 saturated heterocycles. The van der Waals surface area contributed by atoms with Crippen LogP contribution in [0.1, 0.15) is 59.6 Å². The van der Waals surface area contributed by atoms with E-state index in [1.807, 2.05) is 0 Å². The number of allylic oxidation sites excluding steroid dienone is 5. The minimum absolute atomic E-state index is 0.574. The Morgan fingerprint density at radius 3 is 2.48 bits per heavy atom. The van der Waals surface area contributed by atoms with Gasteiger partial charge in [-0.05, 0) is 76.8 Å². The van der Waals surface area contributed by atoms with Crippen LogP contribution in [0.15, 0.2) is 54.6 Å².